The van der Waals surface area contributed by atoms with Crippen LogP contribution in [0.2, 0.25) is 0 Å². The van der Waals surface area contributed by atoms with Crippen molar-refractivity contribution in [2.45, 2.75) is 50.7 Å². The van der Waals surface area contributed by atoms with Crippen LogP contribution in [0.1, 0.15) is 48.6 Å². The van der Waals surface area contributed by atoms with Gasteiger partial charge in [0.05, 0.1) is 5.60 Å². The molecule has 3 heteroatoms. The van der Waals surface area contributed by atoms with Crippen molar-refractivity contribution < 1.29 is 9.84 Å². The van der Waals surface area contributed by atoms with E-state index in [2.05, 4.69) is 13.0 Å². The normalized spacial score (nSPS) is 21.9. The first-order valence-corrected chi connectivity index (χ1v) is 6.85. The molecule has 1 aliphatic carbocycles. The number of ether oxygens (including phenoxy) is 1. The molecule has 2 rings (SSSR count). The van der Waals surface area contributed by atoms with E-state index in [-0.39, 0.29) is 5.60 Å². The van der Waals surface area contributed by atoms with Crippen LogP contribution in [0.15, 0.2) is 11.4 Å². The number of aliphatic hydroxyl groups excluding tert-OH is 1. The van der Waals surface area contributed by atoms with E-state index in [9.17, 15) is 5.11 Å². The van der Waals surface area contributed by atoms with Gasteiger partial charge in [0.25, 0.3) is 0 Å². The van der Waals surface area contributed by atoms with Crippen molar-refractivity contribution in [1.29, 1.82) is 0 Å². The second-order valence-corrected chi connectivity index (χ2v) is 5.65. The van der Waals surface area contributed by atoms with Crippen LogP contribution < -0.4 is 0 Å². The van der Waals surface area contributed by atoms with Crippen LogP contribution in [0.25, 0.3) is 0 Å². The van der Waals surface area contributed by atoms with Gasteiger partial charge >= 0.3 is 0 Å². The second-order valence-electron chi connectivity index (χ2n) is 4.70. The molecule has 1 atom stereocenters. The van der Waals surface area contributed by atoms with E-state index < -0.39 is 6.10 Å². The van der Waals surface area contributed by atoms with Crippen LogP contribution in [0.3, 0.4) is 0 Å². The Morgan fingerprint density at radius 2 is 2.06 bits per heavy atom. The zero-order valence-electron chi connectivity index (χ0n) is 10.0. The summed E-state index contributed by atoms with van der Waals surface area (Å²) in [5, 5.41) is 12.6. The molecule has 1 N–H and O–H groups in total. The summed E-state index contributed by atoms with van der Waals surface area (Å²) in [6.45, 7) is 2.06. The fraction of sp³-hybridized carbons (Fsp3) is 0.692. The molecule has 0 amide bonds. The first-order valence-electron chi connectivity index (χ1n) is 5.97. The lowest BCUT2D eigenvalue weighted by Crippen LogP contribution is -2.40. The molecule has 0 spiro atoms. The minimum absolute atomic E-state index is 0.339. The predicted octanol–water partition coefficient (Wildman–Crippen LogP) is 3.44. The quantitative estimate of drug-likeness (QED) is 0.877. The molecule has 1 fully saturated rings. The van der Waals surface area contributed by atoms with Crippen LogP contribution in [0.4, 0.5) is 0 Å². The van der Waals surface area contributed by atoms with Gasteiger partial charge in [-0.05, 0) is 36.8 Å². The highest BCUT2D eigenvalue weighted by atomic mass is 32.1. The van der Waals surface area contributed by atoms with Crippen molar-refractivity contribution in [3.63, 3.8) is 0 Å². The number of aliphatic hydroxyl groups is 1. The van der Waals surface area contributed by atoms with Crippen molar-refractivity contribution >= 4 is 11.3 Å². The molecule has 0 aromatic carbocycles. The number of thiophene rings is 1. The van der Waals surface area contributed by atoms with E-state index in [0.717, 1.165) is 30.6 Å². The van der Waals surface area contributed by atoms with Gasteiger partial charge in [-0.25, -0.2) is 0 Å². The van der Waals surface area contributed by atoms with Crippen molar-refractivity contribution in [3.05, 3.63) is 21.9 Å². The Bertz CT molecular complexity index is 339. The zero-order chi connectivity index (χ0) is 11.6. The average molecular weight is 240 g/mol. The van der Waals surface area contributed by atoms with Crippen molar-refractivity contribution in [2.75, 3.05) is 7.11 Å². The molecule has 0 radical (unpaired) electrons. The third-order valence-electron chi connectivity index (χ3n) is 3.75. The predicted molar refractivity (Wildman–Crippen MR) is 66.8 cm³/mol. The van der Waals surface area contributed by atoms with Crippen LogP contribution in [0.5, 0.6) is 0 Å². The van der Waals surface area contributed by atoms with E-state index in [4.69, 9.17) is 4.74 Å². The highest BCUT2D eigenvalue weighted by molar-refractivity contribution is 7.10. The molecule has 1 aromatic rings. The minimum atomic E-state index is -0.460. The molecule has 2 nitrogen and oxygen atoms in total. The lowest BCUT2D eigenvalue weighted by Gasteiger charge is -2.39. The van der Waals surface area contributed by atoms with Gasteiger partial charge in [0.15, 0.2) is 0 Å². The third-order valence-corrected chi connectivity index (χ3v) is 4.83. The molecule has 90 valence electrons. The summed E-state index contributed by atoms with van der Waals surface area (Å²) in [6, 6.07) is 2.06. The van der Waals surface area contributed by atoms with Crippen LogP contribution in [-0.4, -0.2) is 17.8 Å². The maximum absolute atomic E-state index is 10.6. The summed E-state index contributed by atoms with van der Waals surface area (Å²) in [4.78, 5) is 1.07. The van der Waals surface area contributed by atoms with E-state index in [1.165, 1.54) is 12.0 Å². The number of hydrogen-bond acceptors (Lipinski definition) is 3. The van der Waals surface area contributed by atoms with Gasteiger partial charge in [-0.3, -0.25) is 0 Å². The monoisotopic (exact) mass is 240 g/mol. The Balaban J connectivity index is 2.24. The molecular formula is C13H20O2S. The molecule has 1 unspecified atom stereocenters. The molecule has 1 aromatic heterocycles. The van der Waals surface area contributed by atoms with Crippen molar-refractivity contribution in [1.82, 2.24) is 0 Å². The largest absolute Gasteiger partial charge is 0.385 e. The lowest BCUT2D eigenvalue weighted by atomic mass is 9.79. The van der Waals surface area contributed by atoms with Crippen LogP contribution >= 0.6 is 11.3 Å². The number of rotatable bonds is 3. The van der Waals surface area contributed by atoms with Gasteiger partial charge in [-0.2, -0.15) is 0 Å². The maximum atomic E-state index is 10.6. The standard InChI is InChI=1S/C13H20O2S/c1-10-6-9-16-11(10)12(14)13(15-2)7-4-3-5-8-13/h6,9,12,14H,3-5,7-8H2,1-2H3. The van der Waals surface area contributed by atoms with E-state index in [1.807, 2.05) is 5.38 Å². The fourth-order valence-electron chi connectivity index (χ4n) is 2.64. The fourth-order valence-corrected chi connectivity index (χ4v) is 3.66. The van der Waals surface area contributed by atoms with Crippen LogP contribution in [0, 0.1) is 6.92 Å². The van der Waals surface area contributed by atoms with Gasteiger partial charge in [0, 0.05) is 12.0 Å². The Labute approximate surface area is 101 Å². The Morgan fingerprint density at radius 1 is 1.38 bits per heavy atom. The molecule has 1 aliphatic rings. The van der Waals surface area contributed by atoms with Crippen molar-refractivity contribution in [3.8, 4) is 0 Å². The summed E-state index contributed by atoms with van der Waals surface area (Å²) in [7, 11) is 1.73. The summed E-state index contributed by atoms with van der Waals surface area (Å²) in [5.41, 5.74) is 0.841. The van der Waals surface area contributed by atoms with Gasteiger partial charge in [0.1, 0.15) is 6.10 Å². The van der Waals surface area contributed by atoms with E-state index >= 15 is 0 Å². The molecule has 1 saturated carbocycles. The summed E-state index contributed by atoms with van der Waals surface area (Å²) < 4.78 is 5.68. The second kappa shape index (κ2) is 4.86. The maximum Gasteiger partial charge on any atom is 0.117 e. The van der Waals surface area contributed by atoms with Gasteiger partial charge in [0.2, 0.25) is 0 Å². The topological polar surface area (TPSA) is 29.5 Å². The Hall–Kier alpha value is -0.380. The molecule has 1 heterocycles. The zero-order valence-corrected chi connectivity index (χ0v) is 10.8. The molecule has 0 bridgehead atoms. The van der Waals surface area contributed by atoms with E-state index in [0.29, 0.717) is 0 Å². The third kappa shape index (κ3) is 2.04. The average Bonchev–Trinajstić information content (AvgIpc) is 2.75. The minimum Gasteiger partial charge on any atom is -0.385 e. The van der Waals surface area contributed by atoms with Gasteiger partial charge < -0.3 is 9.84 Å². The summed E-state index contributed by atoms with van der Waals surface area (Å²) in [6.07, 6.45) is 5.08. The summed E-state index contributed by atoms with van der Waals surface area (Å²) >= 11 is 1.64. The number of hydrogen-bond donors (Lipinski definition) is 1. The number of methoxy groups -OCH3 is 1. The first kappa shape index (κ1) is 12.1. The Kier molecular flexibility index (Phi) is 3.67. The smallest absolute Gasteiger partial charge is 0.117 e. The molecule has 16 heavy (non-hydrogen) atoms. The molecule has 0 saturated heterocycles. The first-order chi connectivity index (χ1) is 7.69. The van der Waals surface area contributed by atoms with Crippen molar-refractivity contribution in [2.24, 2.45) is 0 Å². The highest BCUT2D eigenvalue weighted by Crippen LogP contribution is 2.43. The SMILES string of the molecule is COC1(C(O)c2sccc2C)CCCCC1. The summed E-state index contributed by atoms with van der Waals surface area (Å²) in [5.74, 6) is 0. The van der Waals surface area contributed by atoms with Gasteiger partial charge in [-0.15, -0.1) is 11.3 Å². The molecule has 0 aliphatic heterocycles. The Morgan fingerprint density at radius 3 is 2.56 bits per heavy atom. The van der Waals surface area contributed by atoms with Crippen LogP contribution in [-0.2, 0) is 4.74 Å². The molecular weight excluding hydrogens is 220 g/mol. The lowest BCUT2D eigenvalue weighted by molar-refractivity contribution is -0.124. The number of aryl methyl sites for hydroxylation is 1. The van der Waals surface area contributed by atoms with Gasteiger partial charge in [-0.1, -0.05) is 19.3 Å². The van der Waals surface area contributed by atoms with E-state index in [1.54, 1.807) is 18.4 Å². The highest BCUT2D eigenvalue weighted by Gasteiger charge is 2.40.